The Morgan fingerprint density at radius 2 is 1.79 bits per heavy atom. The number of nitrogens with zero attached hydrogens (tertiary/aromatic N) is 1. The molecule has 2 aliphatic rings. The number of rotatable bonds is 5. The fraction of sp³-hybridized carbons (Fsp3) is 0.600. The number of amides is 2. The molecule has 2 heterocycles. The van der Waals surface area contributed by atoms with Gasteiger partial charge in [0.1, 0.15) is 0 Å². The highest BCUT2D eigenvalue weighted by Gasteiger charge is 2.31. The molecule has 1 N–H and O–H groups in total. The molecule has 5 nitrogen and oxygen atoms in total. The summed E-state index contributed by atoms with van der Waals surface area (Å²) in [5.74, 6) is -0.438. The minimum atomic E-state index is -4.42. The van der Waals surface area contributed by atoms with Crippen molar-refractivity contribution in [3.8, 4) is 0 Å². The van der Waals surface area contributed by atoms with Crippen molar-refractivity contribution in [1.82, 2.24) is 10.2 Å². The van der Waals surface area contributed by atoms with Gasteiger partial charge in [0.15, 0.2) is 0 Å². The Hall–Kier alpha value is -2.09. The molecule has 1 aromatic rings. The number of hydrogen-bond donors (Lipinski definition) is 1. The van der Waals surface area contributed by atoms with Crippen molar-refractivity contribution >= 4 is 11.8 Å². The number of piperidine rings is 1. The first-order valence-corrected chi connectivity index (χ1v) is 9.70. The second kappa shape index (κ2) is 8.94. The van der Waals surface area contributed by atoms with Gasteiger partial charge in [-0.15, -0.1) is 0 Å². The third kappa shape index (κ3) is 5.25. The number of carbonyl (C=O) groups is 2. The SMILES string of the molecule is O=C(NCCC1CCCO1)C1CCN(C(=O)c2ccc(C(F)(F)F)cc2)CC1. The molecule has 0 bridgehead atoms. The average molecular weight is 398 g/mol. The topological polar surface area (TPSA) is 58.6 Å². The summed E-state index contributed by atoms with van der Waals surface area (Å²) in [4.78, 5) is 26.4. The Kier molecular flexibility index (Phi) is 6.59. The molecule has 2 aliphatic heterocycles. The fourth-order valence-corrected chi connectivity index (χ4v) is 3.70. The van der Waals surface area contributed by atoms with Crippen LogP contribution in [0.3, 0.4) is 0 Å². The van der Waals surface area contributed by atoms with E-state index in [1.54, 1.807) is 4.90 Å². The predicted molar refractivity (Wildman–Crippen MR) is 96.7 cm³/mol. The molecule has 3 rings (SSSR count). The van der Waals surface area contributed by atoms with Gasteiger partial charge in [-0.25, -0.2) is 0 Å². The highest BCUT2D eigenvalue weighted by atomic mass is 19.4. The third-order valence-electron chi connectivity index (χ3n) is 5.40. The Labute approximate surface area is 162 Å². The summed E-state index contributed by atoms with van der Waals surface area (Å²) < 4.78 is 43.4. The largest absolute Gasteiger partial charge is 0.416 e. The standard InChI is InChI=1S/C20H25F3N2O3/c21-20(22,23)16-5-3-15(4-6-16)19(27)25-11-8-14(9-12-25)18(26)24-10-7-17-2-1-13-28-17/h3-6,14,17H,1-2,7-13H2,(H,24,26). The molecule has 1 atom stereocenters. The molecular formula is C20H25F3N2O3. The van der Waals surface area contributed by atoms with E-state index in [4.69, 9.17) is 4.74 Å². The molecule has 0 spiro atoms. The molecule has 1 aromatic carbocycles. The molecule has 2 amide bonds. The van der Waals surface area contributed by atoms with E-state index in [9.17, 15) is 22.8 Å². The molecule has 8 heteroatoms. The van der Waals surface area contributed by atoms with E-state index in [-0.39, 0.29) is 29.4 Å². The normalized spacial score (nSPS) is 21.0. The number of halogens is 3. The Bertz CT molecular complexity index is 677. The van der Waals surface area contributed by atoms with Gasteiger partial charge in [0.25, 0.3) is 5.91 Å². The summed E-state index contributed by atoms with van der Waals surface area (Å²) in [6.45, 7) is 2.23. The average Bonchev–Trinajstić information content (AvgIpc) is 3.20. The molecule has 0 radical (unpaired) electrons. The minimum absolute atomic E-state index is 0.000346. The van der Waals surface area contributed by atoms with Crippen molar-refractivity contribution in [3.05, 3.63) is 35.4 Å². The number of benzene rings is 1. The summed E-state index contributed by atoms with van der Waals surface area (Å²) in [5.41, 5.74) is -0.546. The first kappa shape index (κ1) is 20.6. The van der Waals surface area contributed by atoms with Gasteiger partial charge in [0.2, 0.25) is 5.91 Å². The maximum Gasteiger partial charge on any atom is 0.416 e. The summed E-state index contributed by atoms with van der Waals surface area (Å²) in [7, 11) is 0. The summed E-state index contributed by atoms with van der Waals surface area (Å²) in [6, 6.07) is 4.24. The molecule has 28 heavy (non-hydrogen) atoms. The van der Waals surface area contributed by atoms with Crippen molar-refractivity contribution in [2.75, 3.05) is 26.2 Å². The van der Waals surface area contributed by atoms with Gasteiger partial charge in [-0.1, -0.05) is 0 Å². The Morgan fingerprint density at radius 3 is 2.36 bits per heavy atom. The first-order chi connectivity index (χ1) is 13.3. The van der Waals surface area contributed by atoms with Crippen LogP contribution in [0.1, 0.15) is 48.0 Å². The number of likely N-dealkylation sites (tertiary alicyclic amines) is 1. The maximum absolute atomic E-state index is 12.6. The van der Waals surface area contributed by atoms with Crippen LogP contribution >= 0.6 is 0 Å². The van der Waals surface area contributed by atoms with Crippen LogP contribution in [0.15, 0.2) is 24.3 Å². The lowest BCUT2D eigenvalue weighted by molar-refractivity contribution is -0.137. The molecule has 1 unspecified atom stereocenters. The molecule has 2 fully saturated rings. The van der Waals surface area contributed by atoms with E-state index < -0.39 is 11.7 Å². The van der Waals surface area contributed by atoms with E-state index >= 15 is 0 Å². The second-order valence-corrected chi connectivity index (χ2v) is 7.36. The second-order valence-electron chi connectivity index (χ2n) is 7.36. The first-order valence-electron chi connectivity index (χ1n) is 9.70. The van der Waals surface area contributed by atoms with Gasteiger partial charge in [-0.05, 0) is 56.4 Å². The van der Waals surface area contributed by atoms with Crippen molar-refractivity contribution in [1.29, 1.82) is 0 Å². The highest BCUT2D eigenvalue weighted by Crippen LogP contribution is 2.29. The number of ether oxygens (including phenoxy) is 1. The quantitative estimate of drug-likeness (QED) is 0.829. The fourth-order valence-electron chi connectivity index (χ4n) is 3.70. The summed E-state index contributed by atoms with van der Waals surface area (Å²) in [6.07, 6.45) is -0.141. The van der Waals surface area contributed by atoms with E-state index in [1.807, 2.05) is 0 Å². The predicted octanol–water partition coefficient (Wildman–Crippen LogP) is 3.24. The molecule has 0 aliphatic carbocycles. The molecule has 0 saturated carbocycles. The van der Waals surface area contributed by atoms with Crippen molar-refractivity contribution in [3.63, 3.8) is 0 Å². The van der Waals surface area contributed by atoms with Crippen LogP contribution in [0.25, 0.3) is 0 Å². The van der Waals surface area contributed by atoms with Crippen LogP contribution in [0.2, 0.25) is 0 Å². The van der Waals surface area contributed by atoms with Crippen molar-refractivity contribution in [2.45, 2.75) is 44.4 Å². The molecule has 0 aromatic heterocycles. The molecule has 154 valence electrons. The van der Waals surface area contributed by atoms with Gasteiger partial charge in [-0.3, -0.25) is 9.59 Å². The van der Waals surface area contributed by atoms with E-state index in [1.165, 1.54) is 12.1 Å². The Balaban J connectivity index is 1.43. The number of alkyl halides is 3. The van der Waals surface area contributed by atoms with Crippen LogP contribution in [0.4, 0.5) is 13.2 Å². The lowest BCUT2D eigenvalue weighted by Gasteiger charge is -2.31. The monoisotopic (exact) mass is 398 g/mol. The van der Waals surface area contributed by atoms with Gasteiger partial charge >= 0.3 is 6.18 Å². The van der Waals surface area contributed by atoms with Crippen LogP contribution in [0, 0.1) is 5.92 Å². The third-order valence-corrected chi connectivity index (χ3v) is 5.40. The highest BCUT2D eigenvalue weighted by molar-refractivity contribution is 5.94. The van der Waals surface area contributed by atoms with E-state index in [0.29, 0.717) is 32.5 Å². The summed E-state index contributed by atoms with van der Waals surface area (Å²) in [5, 5.41) is 2.95. The van der Waals surface area contributed by atoms with Crippen molar-refractivity contribution < 1.29 is 27.5 Å². The zero-order chi connectivity index (χ0) is 20.1. The summed E-state index contributed by atoms with van der Waals surface area (Å²) >= 11 is 0. The van der Waals surface area contributed by atoms with Crippen molar-refractivity contribution in [2.24, 2.45) is 5.92 Å². The lowest BCUT2D eigenvalue weighted by atomic mass is 9.95. The van der Waals surface area contributed by atoms with Gasteiger partial charge < -0.3 is 15.0 Å². The van der Waals surface area contributed by atoms with Gasteiger partial charge in [0, 0.05) is 37.7 Å². The van der Waals surface area contributed by atoms with Crippen LogP contribution in [-0.2, 0) is 15.7 Å². The Morgan fingerprint density at radius 1 is 1.11 bits per heavy atom. The molecular weight excluding hydrogens is 373 g/mol. The molecule has 2 saturated heterocycles. The maximum atomic E-state index is 12.6. The number of nitrogens with one attached hydrogen (secondary N) is 1. The smallest absolute Gasteiger partial charge is 0.378 e. The number of hydrogen-bond acceptors (Lipinski definition) is 3. The van der Waals surface area contributed by atoms with Crippen LogP contribution in [-0.4, -0.2) is 49.1 Å². The minimum Gasteiger partial charge on any atom is -0.378 e. The van der Waals surface area contributed by atoms with Crippen LogP contribution in [0.5, 0.6) is 0 Å². The zero-order valence-electron chi connectivity index (χ0n) is 15.6. The number of carbonyl (C=O) groups excluding carboxylic acids is 2. The van der Waals surface area contributed by atoms with Gasteiger partial charge in [-0.2, -0.15) is 13.2 Å². The van der Waals surface area contributed by atoms with E-state index in [2.05, 4.69) is 5.32 Å². The van der Waals surface area contributed by atoms with Crippen LogP contribution < -0.4 is 5.32 Å². The lowest BCUT2D eigenvalue weighted by Crippen LogP contribution is -2.43. The van der Waals surface area contributed by atoms with E-state index in [0.717, 1.165) is 38.0 Å². The van der Waals surface area contributed by atoms with Gasteiger partial charge in [0.05, 0.1) is 11.7 Å². The zero-order valence-corrected chi connectivity index (χ0v) is 15.6.